The average molecular weight is 215 g/mol. The largest absolute Gasteiger partial charge is 0.467 e. The number of aryl methyl sites for hydroxylation is 1. The Morgan fingerprint density at radius 1 is 1.12 bits per heavy atom. The molecule has 1 N–H and O–H groups in total. The van der Waals surface area contributed by atoms with E-state index in [1.54, 1.807) is 6.26 Å². The van der Waals surface area contributed by atoms with Crippen molar-refractivity contribution < 1.29 is 4.42 Å². The number of nitrogens with one attached hydrogen (secondary N) is 1. The van der Waals surface area contributed by atoms with Crippen molar-refractivity contribution in [3.8, 4) is 11.1 Å². The molecule has 2 nitrogen and oxygen atoms in total. The standard InChI is InChI=1S/C14H17NO/c1-3-11-4-6-12(7-5-11)13-8-9-16-14(13)10-15-2/h4-9,15H,3,10H2,1-2H3. The first-order valence-corrected chi connectivity index (χ1v) is 5.65. The number of rotatable bonds is 4. The Labute approximate surface area is 96.3 Å². The van der Waals surface area contributed by atoms with Crippen LogP contribution in [0.2, 0.25) is 0 Å². The van der Waals surface area contributed by atoms with Gasteiger partial charge in [0.2, 0.25) is 0 Å². The second-order valence-corrected chi connectivity index (χ2v) is 3.84. The van der Waals surface area contributed by atoms with E-state index in [9.17, 15) is 0 Å². The van der Waals surface area contributed by atoms with Crippen molar-refractivity contribution in [2.24, 2.45) is 0 Å². The highest BCUT2D eigenvalue weighted by molar-refractivity contribution is 5.65. The number of hydrogen-bond acceptors (Lipinski definition) is 2. The van der Waals surface area contributed by atoms with Gasteiger partial charge in [0.05, 0.1) is 12.8 Å². The van der Waals surface area contributed by atoms with Crippen molar-refractivity contribution in [2.75, 3.05) is 7.05 Å². The van der Waals surface area contributed by atoms with Crippen LogP contribution < -0.4 is 5.32 Å². The molecule has 0 radical (unpaired) electrons. The summed E-state index contributed by atoms with van der Waals surface area (Å²) in [6.07, 6.45) is 2.82. The fraction of sp³-hybridized carbons (Fsp3) is 0.286. The lowest BCUT2D eigenvalue weighted by Crippen LogP contribution is -2.04. The van der Waals surface area contributed by atoms with Crippen LogP contribution in [0, 0.1) is 0 Å². The molecule has 2 rings (SSSR count). The third-order valence-electron chi connectivity index (χ3n) is 2.76. The highest BCUT2D eigenvalue weighted by atomic mass is 16.3. The molecule has 1 aromatic carbocycles. The third kappa shape index (κ3) is 2.17. The molecule has 0 aliphatic carbocycles. The van der Waals surface area contributed by atoms with Gasteiger partial charge in [-0.1, -0.05) is 31.2 Å². The molecule has 0 aliphatic heterocycles. The molecule has 0 fully saturated rings. The van der Waals surface area contributed by atoms with Crippen LogP contribution in [0.5, 0.6) is 0 Å². The van der Waals surface area contributed by atoms with Gasteiger partial charge < -0.3 is 9.73 Å². The van der Waals surface area contributed by atoms with Crippen molar-refractivity contribution in [2.45, 2.75) is 19.9 Å². The van der Waals surface area contributed by atoms with Crippen LogP contribution in [0.4, 0.5) is 0 Å². The highest BCUT2D eigenvalue weighted by Gasteiger charge is 2.07. The van der Waals surface area contributed by atoms with Gasteiger partial charge in [-0.15, -0.1) is 0 Å². The van der Waals surface area contributed by atoms with Gasteiger partial charge in [0.25, 0.3) is 0 Å². The Hall–Kier alpha value is -1.54. The van der Waals surface area contributed by atoms with Gasteiger partial charge in [0, 0.05) is 5.56 Å². The maximum Gasteiger partial charge on any atom is 0.125 e. The van der Waals surface area contributed by atoms with Gasteiger partial charge in [0.1, 0.15) is 5.76 Å². The maximum absolute atomic E-state index is 5.45. The number of benzene rings is 1. The summed E-state index contributed by atoms with van der Waals surface area (Å²) in [6, 6.07) is 10.7. The fourth-order valence-electron chi connectivity index (χ4n) is 1.82. The monoisotopic (exact) mass is 215 g/mol. The Morgan fingerprint density at radius 3 is 2.50 bits per heavy atom. The number of hydrogen-bond donors (Lipinski definition) is 1. The summed E-state index contributed by atoms with van der Waals surface area (Å²) >= 11 is 0. The van der Waals surface area contributed by atoms with Crippen molar-refractivity contribution in [1.82, 2.24) is 5.32 Å². The topological polar surface area (TPSA) is 25.2 Å². The lowest BCUT2D eigenvalue weighted by atomic mass is 10.0. The normalized spacial score (nSPS) is 10.6. The molecule has 84 valence electrons. The van der Waals surface area contributed by atoms with Crippen molar-refractivity contribution in [1.29, 1.82) is 0 Å². The minimum absolute atomic E-state index is 0.762. The molecular formula is C14H17NO. The predicted octanol–water partition coefficient (Wildman–Crippen LogP) is 3.23. The minimum Gasteiger partial charge on any atom is -0.467 e. The minimum atomic E-state index is 0.762. The SMILES string of the molecule is CCc1ccc(-c2ccoc2CNC)cc1. The maximum atomic E-state index is 5.45. The van der Waals surface area contributed by atoms with E-state index in [2.05, 4.69) is 36.5 Å². The zero-order chi connectivity index (χ0) is 11.4. The van der Waals surface area contributed by atoms with Crippen LogP contribution >= 0.6 is 0 Å². The first-order chi connectivity index (χ1) is 7.85. The molecule has 16 heavy (non-hydrogen) atoms. The van der Waals surface area contributed by atoms with E-state index in [1.165, 1.54) is 16.7 Å². The molecule has 0 atom stereocenters. The van der Waals surface area contributed by atoms with Crippen molar-refractivity contribution >= 4 is 0 Å². The Morgan fingerprint density at radius 2 is 1.88 bits per heavy atom. The van der Waals surface area contributed by atoms with Gasteiger partial charge in [-0.25, -0.2) is 0 Å². The van der Waals surface area contributed by atoms with E-state index >= 15 is 0 Å². The summed E-state index contributed by atoms with van der Waals surface area (Å²) in [5.41, 5.74) is 3.76. The third-order valence-corrected chi connectivity index (χ3v) is 2.76. The van der Waals surface area contributed by atoms with Crippen LogP contribution in [0.15, 0.2) is 41.0 Å². The van der Waals surface area contributed by atoms with E-state index in [0.29, 0.717) is 0 Å². The van der Waals surface area contributed by atoms with Crippen LogP contribution in [0.1, 0.15) is 18.2 Å². The molecule has 0 unspecified atom stereocenters. The van der Waals surface area contributed by atoms with Crippen LogP contribution in [0.25, 0.3) is 11.1 Å². The molecule has 0 spiro atoms. The highest BCUT2D eigenvalue weighted by Crippen LogP contribution is 2.25. The van der Waals surface area contributed by atoms with Gasteiger partial charge in [-0.05, 0) is 30.7 Å². The quantitative estimate of drug-likeness (QED) is 0.847. The fourth-order valence-corrected chi connectivity index (χ4v) is 1.82. The molecule has 0 aliphatic rings. The summed E-state index contributed by atoms with van der Waals surface area (Å²) in [5.74, 6) is 0.992. The van der Waals surface area contributed by atoms with Gasteiger partial charge in [-0.3, -0.25) is 0 Å². The van der Waals surface area contributed by atoms with E-state index in [4.69, 9.17) is 4.42 Å². The molecule has 0 amide bonds. The molecular weight excluding hydrogens is 198 g/mol. The summed E-state index contributed by atoms with van der Waals surface area (Å²) in [5, 5.41) is 3.11. The predicted molar refractivity (Wildman–Crippen MR) is 66.3 cm³/mol. The van der Waals surface area contributed by atoms with E-state index in [1.807, 2.05) is 13.1 Å². The van der Waals surface area contributed by atoms with Crippen molar-refractivity contribution in [3.05, 3.63) is 47.9 Å². The second kappa shape index (κ2) is 4.99. The van der Waals surface area contributed by atoms with E-state index < -0.39 is 0 Å². The molecule has 2 heteroatoms. The Kier molecular flexibility index (Phi) is 3.42. The number of furan rings is 1. The molecule has 0 bridgehead atoms. The zero-order valence-corrected chi connectivity index (χ0v) is 9.79. The van der Waals surface area contributed by atoms with Gasteiger partial charge >= 0.3 is 0 Å². The lowest BCUT2D eigenvalue weighted by Gasteiger charge is -2.03. The van der Waals surface area contributed by atoms with Gasteiger partial charge in [0.15, 0.2) is 0 Å². The van der Waals surface area contributed by atoms with E-state index in [0.717, 1.165) is 18.7 Å². The Balaban J connectivity index is 2.31. The first kappa shape index (κ1) is 11.0. The summed E-state index contributed by atoms with van der Waals surface area (Å²) in [4.78, 5) is 0. The molecule has 0 saturated carbocycles. The first-order valence-electron chi connectivity index (χ1n) is 5.65. The smallest absolute Gasteiger partial charge is 0.125 e. The van der Waals surface area contributed by atoms with Crippen molar-refractivity contribution in [3.63, 3.8) is 0 Å². The van der Waals surface area contributed by atoms with Crippen LogP contribution in [0.3, 0.4) is 0 Å². The van der Waals surface area contributed by atoms with E-state index in [-0.39, 0.29) is 0 Å². The molecule has 2 aromatic rings. The zero-order valence-electron chi connectivity index (χ0n) is 9.79. The van der Waals surface area contributed by atoms with Crippen LogP contribution in [-0.4, -0.2) is 7.05 Å². The van der Waals surface area contributed by atoms with Gasteiger partial charge in [-0.2, -0.15) is 0 Å². The summed E-state index contributed by atoms with van der Waals surface area (Å²) in [6.45, 7) is 2.93. The second-order valence-electron chi connectivity index (χ2n) is 3.84. The Bertz CT molecular complexity index is 442. The average Bonchev–Trinajstić information content (AvgIpc) is 2.78. The summed E-state index contributed by atoms with van der Waals surface area (Å²) < 4.78 is 5.45. The molecule has 0 saturated heterocycles. The lowest BCUT2D eigenvalue weighted by molar-refractivity contribution is 0.497. The molecule has 1 aromatic heterocycles. The van der Waals surface area contributed by atoms with Crippen LogP contribution in [-0.2, 0) is 13.0 Å². The summed E-state index contributed by atoms with van der Waals surface area (Å²) in [7, 11) is 1.92. The molecule has 1 heterocycles.